The Hall–Kier alpha value is -1.56. The fourth-order valence-electron chi connectivity index (χ4n) is 2.02. The second-order valence-corrected chi connectivity index (χ2v) is 4.26. The van der Waals surface area contributed by atoms with Gasteiger partial charge in [-0.25, -0.2) is 0 Å². The smallest absolute Gasteiger partial charge is 0.0175 e. The zero-order chi connectivity index (χ0) is 11.4. The number of hydrogen-bond donors (Lipinski definition) is 0. The first-order valence-electron chi connectivity index (χ1n) is 5.85. The molecule has 16 heavy (non-hydrogen) atoms. The van der Waals surface area contributed by atoms with Crippen LogP contribution in [0.15, 0.2) is 71.9 Å². The van der Waals surface area contributed by atoms with Crippen LogP contribution in [-0.2, 0) is 0 Å². The summed E-state index contributed by atoms with van der Waals surface area (Å²) in [6.07, 6.45) is 22.0. The van der Waals surface area contributed by atoms with Gasteiger partial charge in [-0.1, -0.05) is 66.3 Å². The molecule has 0 aromatic rings. The molecule has 0 fully saturated rings. The molecule has 0 aromatic carbocycles. The largest absolute Gasteiger partial charge is 0.0847 e. The zero-order valence-corrected chi connectivity index (χ0v) is 9.93. The van der Waals surface area contributed by atoms with E-state index in [9.17, 15) is 0 Å². The van der Waals surface area contributed by atoms with Crippen LogP contribution in [0.4, 0.5) is 0 Å². The highest BCUT2D eigenvalue weighted by atomic mass is 14.2. The maximum absolute atomic E-state index is 2.28. The minimum absolute atomic E-state index is 0.465. The van der Waals surface area contributed by atoms with Gasteiger partial charge in [0.15, 0.2) is 0 Å². The lowest BCUT2D eigenvalue weighted by atomic mass is 9.90. The summed E-state index contributed by atoms with van der Waals surface area (Å²) in [6.45, 7) is 4.21. The fourth-order valence-corrected chi connectivity index (χ4v) is 2.02. The third-order valence-corrected chi connectivity index (χ3v) is 3.15. The number of hydrogen-bond acceptors (Lipinski definition) is 0. The Balaban J connectivity index is 2.08. The Labute approximate surface area is 98.1 Å². The molecule has 0 heterocycles. The van der Waals surface area contributed by atoms with Crippen molar-refractivity contribution in [2.45, 2.75) is 13.8 Å². The Kier molecular flexibility index (Phi) is 3.40. The van der Waals surface area contributed by atoms with Crippen molar-refractivity contribution in [2.75, 3.05) is 0 Å². The van der Waals surface area contributed by atoms with Crippen molar-refractivity contribution >= 4 is 0 Å². The van der Waals surface area contributed by atoms with Crippen LogP contribution >= 0.6 is 0 Å². The first kappa shape index (κ1) is 10.9. The Bertz CT molecular complexity index is 413. The number of allylic oxidation sites excluding steroid dienone is 12. The molecule has 0 amide bonds. The van der Waals surface area contributed by atoms with Crippen LogP contribution in [0.25, 0.3) is 0 Å². The van der Waals surface area contributed by atoms with Crippen molar-refractivity contribution in [3.63, 3.8) is 0 Å². The Morgan fingerprint density at radius 2 is 1.88 bits per heavy atom. The van der Waals surface area contributed by atoms with E-state index in [1.807, 2.05) is 0 Å². The van der Waals surface area contributed by atoms with Gasteiger partial charge < -0.3 is 0 Å². The van der Waals surface area contributed by atoms with Crippen LogP contribution < -0.4 is 0 Å². The van der Waals surface area contributed by atoms with E-state index >= 15 is 0 Å². The molecule has 0 aliphatic heterocycles. The molecule has 0 aromatic heterocycles. The first-order chi connectivity index (χ1) is 7.81. The van der Waals surface area contributed by atoms with Gasteiger partial charge in [-0.3, -0.25) is 0 Å². The van der Waals surface area contributed by atoms with E-state index in [-0.39, 0.29) is 0 Å². The average Bonchev–Trinajstić information content (AvgIpc) is 2.95. The molecule has 0 heteroatoms. The molecule has 0 N–H and O–H groups in total. The lowest BCUT2D eigenvalue weighted by molar-refractivity contribution is 0.842. The van der Waals surface area contributed by atoms with E-state index in [0.717, 1.165) is 0 Å². The van der Waals surface area contributed by atoms with Crippen molar-refractivity contribution in [2.24, 2.45) is 11.8 Å². The van der Waals surface area contributed by atoms with Crippen LogP contribution in [0, 0.1) is 11.8 Å². The topological polar surface area (TPSA) is 0 Å². The average molecular weight is 210 g/mol. The van der Waals surface area contributed by atoms with Crippen molar-refractivity contribution in [1.29, 1.82) is 0 Å². The van der Waals surface area contributed by atoms with Crippen LogP contribution in [0.2, 0.25) is 0 Å². The second kappa shape index (κ2) is 4.98. The van der Waals surface area contributed by atoms with Gasteiger partial charge >= 0.3 is 0 Å². The van der Waals surface area contributed by atoms with E-state index < -0.39 is 0 Å². The molecule has 0 saturated carbocycles. The first-order valence-corrected chi connectivity index (χ1v) is 5.85. The van der Waals surface area contributed by atoms with Crippen LogP contribution in [-0.4, -0.2) is 0 Å². The molecule has 0 bridgehead atoms. The molecular formula is C16H18. The fraction of sp³-hybridized carbons (Fsp3) is 0.250. The Morgan fingerprint density at radius 1 is 1.12 bits per heavy atom. The monoisotopic (exact) mass is 210 g/mol. The predicted octanol–water partition coefficient (Wildman–Crippen LogP) is 4.36. The summed E-state index contributed by atoms with van der Waals surface area (Å²) < 4.78 is 0. The zero-order valence-electron chi connectivity index (χ0n) is 9.93. The maximum atomic E-state index is 2.28. The van der Waals surface area contributed by atoms with Crippen molar-refractivity contribution in [3.05, 3.63) is 71.9 Å². The van der Waals surface area contributed by atoms with Crippen molar-refractivity contribution in [1.82, 2.24) is 0 Å². The molecule has 1 unspecified atom stereocenters. The highest BCUT2D eigenvalue weighted by Crippen LogP contribution is 2.31. The summed E-state index contributed by atoms with van der Waals surface area (Å²) in [5, 5.41) is 0. The lowest BCUT2D eigenvalue weighted by Gasteiger charge is -2.13. The van der Waals surface area contributed by atoms with E-state index in [1.165, 1.54) is 11.1 Å². The molecule has 2 rings (SSSR count). The molecule has 0 saturated heterocycles. The quantitative estimate of drug-likeness (QED) is 0.607. The number of rotatable bonds is 3. The molecule has 0 nitrogen and oxygen atoms in total. The van der Waals surface area contributed by atoms with Crippen molar-refractivity contribution in [3.8, 4) is 0 Å². The summed E-state index contributed by atoms with van der Waals surface area (Å²) in [5.41, 5.74) is 2.79. The summed E-state index contributed by atoms with van der Waals surface area (Å²) >= 11 is 0. The minimum atomic E-state index is 0.465. The van der Waals surface area contributed by atoms with Gasteiger partial charge in [0.2, 0.25) is 0 Å². The molecule has 2 aliphatic rings. The summed E-state index contributed by atoms with van der Waals surface area (Å²) in [5.74, 6) is 0.961. The van der Waals surface area contributed by atoms with Gasteiger partial charge in [0, 0.05) is 11.8 Å². The van der Waals surface area contributed by atoms with Crippen molar-refractivity contribution < 1.29 is 0 Å². The van der Waals surface area contributed by atoms with Gasteiger partial charge in [0.25, 0.3) is 0 Å². The summed E-state index contributed by atoms with van der Waals surface area (Å²) in [7, 11) is 0. The minimum Gasteiger partial charge on any atom is -0.0847 e. The van der Waals surface area contributed by atoms with Gasteiger partial charge in [-0.15, -0.1) is 0 Å². The van der Waals surface area contributed by atoms with Crippen LogP contribution in [0.1, 0.15) is 13.8 Å². The van der Waals surface area contributed by atoms with E-state index in [1.54, 1.807) is 0 Å². The highest BCUT2D eigenvalue weighted by Gasteiger charge is 2.18. The molecule has 2 aliphatic carbocycles. The SMILES string of the molecule is CC=C(C)C=CC1C=CC=C1C1C=CC=C1. The normalized spacial score (nSPS) is 25.0. The predicted molar refractivity (Wildman–Crippen MR) is 71.1 cm³/mol. The lowest BCUT2D eigenvalue weighted by Crippen LogP contribution is -2.02. The molecule has 82 valence electrons. The summed E-state index contributed by atoms with van der Waals surface area (Å²) in [6, 6.07) is 0. The molecule has 0 spiro atoms. The van der Waals surface area contributed by atoms with E-state index in [4.69, 9.17) is 0 Å². The van der Waals surface area contributed by atoms with Crippen LogP contribution in [0.5, 0.6) is 0 Å². The van der Waals surface area contributed by atoms with Gasteiger partial charge in [0.1, 0.15) is 0 Å². The van der Waals surface area contributed by atoms with E-state index in [2.05, 4.69) is 74.6 Å². The van der Waals surface area contributed by atoms with Gasteiger partial charge in [-0.05, 0) is 19.4 Å². The maximum Gasteiger partial charge on any atom is 0.0175 e. The summed E-state index contributed by atoms with van der Waals surface area (Å²) in [4.78, 5) is 0. The third kappa shape index (κ3) is 2.33. The third-order valence-electron chi connectivity index (χ3n) is 3.15. The molecular weight excluding hydrogens is 192 g/mol. The van der Waals surface area contributed by atoms with Gasteiger partial charge in [0.05, 0.1) is 0 Å². The van der Waals surface area contributed by atoms with Gasteiger partial charge in [-0.2, -0.15) is 0 Å². The highest BCUT2D eigenvalue weighted by molar-refractivity contribution is 5.41. The van der Waals surface area contributed by atoms with E-state index in [0.29, 0.717) is 11.8 Å². The standard InChI is InChI=1S/C16H18/c1-3-13(2)11-12-15-9-6-10-16(15)14-7-4-5-8-14/h3-12,14-15H,1-2H3. The van der Waals surface area contributed by atoms with Crippen LogP contribution in [0.3, 0.4) is 0 Å². The molecule has 1 atom stereocenters. The molecule has 0 radical (unpaired) electrons. The second-order valence-electron chi connectivity index (χ2n) is 4.26. The Morgan fingerprint density at radius 3 is 2.56 bits per heavy atom.